The summed E-state index contributed by atoms with van der Waals surface area (Å²) in [6.45, 7) is 5.45. The Balaban J connectivity index is 1.87. The van der Waals surface area contributed by atoms with Crippen LogP contribution in [0.3, 0.4) is 0 Å². The molecule has 1 amide bonds. The standard InChI is InChI=1S/C25H23NO4/c1-4-23(27)17-6-5-7-18(14-17)24(28)26-19-9-11-20(16(3)13-19)21-10-8-15(2)12-22(21)25(29)30/h5-14H,4H2,1-3H3,(H,26,28)(H,29,30)/p-1. The number of amides is 1. The largest absolute Gasteiger partial charge is 0.545 e. The molecule has 0 unspecified atom stereocenters. The Morgan fingerprint density at radius 2 is 1.57 bits per heavy atom. The van der Waals surface area contributed by atoms with Crippen molar-refractivity contribution in [3.63, 3.8) is 0 Å². The second-order valence-electron chi connectivity index (χ2n) is 7.18. The number of benzene rings is 3. The highest BCUT2D eigenvalue weighted by atomic mass is 16.4. The van der Waals surface area contributed by atoms with Gasteiger partial charge in [-0.25, -0.2) is 0 Å². The Bertz CT molecular complexity index is 1150. The fraction of sp³-hybridized carbons (Fsp3) is 0.160. The van der Waals surface area contributed by atoms with Crippen LogP contribution < -0.4 is 10.4 Å². The third kappa shape index (κ3) is 4.46. The third-order valence-corrected chi connectivity index (χ3v) is 4.94. The maximum atomic E-state index is 12.6. The van der Waals surface area contributed by atoms with E-state index in [1.165, 1.54) is 0 Å². The fourth-order valence-corrected chi connectivity index (χ4v) is 3.35. The zero-order chi connectivity index (χ0) is 21.8. The molecular weight excluding hydrogens is 378 g/mol. The van der Waals surface area contributed by atoms with Crippen LogP contribution in [-0.4, -0.2) is 17.7 Å². The maximum absolute atomic E-state index is 12.6. The Hall–Kier alpha value is -3.73. The van der Waals surface area contributed by atoms with E-state index in [9.17, 15) is 19.5 Å². The number of ketones is 1. The predicted octanol–water partition coefficient (Wildman–Crippen LogP) is 4.18. The van der Waals surface area contributed by atoms with Crippen LogP contribution in [0.15, 0.2) is 60.7 Å². The van der Waals surface area contributed by atoms with Gasteiger partial charge in [-0.1, -0.05) is 42.8 Å². The number of hydrogen-bond acceptors (Lipinski definition) is 4. The first-order valence-corrected chi connectivity index (χ1v) is 9.67. The van der Waals surface area contributed by atoms with Gasteiger partial charge in [-0.2, -0.15) is 0 Å². The number of nitrogens with one attached hydrogen (secondary N) is 1. The number of carbonyl (C=O) groups is 3. The second-order valence-corrected chi connectivity index (χ2v) is 7.18. The summed E-state index contributed by atoms with van der Waals surface area (Å²) in [4.78, 5) is 36.0. The molecule has 0 aliphatic rings. The lowest BCUT2D eigenvalue weighted by molar-refractivity contribution is -0.254. The molecule has 0 radical (unpaired) electrons. The van der Waals surface area contributed by atoms with Crippen molar-refractivity contribution in [3.05, 3.63) is 88.5 Å². The maximum Gasteiger partial charge on any atom is 0.255 e. The quantitative estimate of drug-likeness (QED) is 0.629. The lowest BCUT2D eigenvalue weighted by Gasteiger charge is -2.15. The van der Waals surface area contributed by atoms with Gasteiger partial charge in [-0.3, -0.25) is 9.59 Å². The zero-order valence-electron chi connectivity index (χ0n) is 17.1. The van der Waals surface area contributed by atoms with Crippen molar-refractivity contribution in [1.82, 2.24) is 0 Å². The Kier molecular flexibility index (Phi) is 6.11. The van der Waals surface area contributed by atoms with E-state index in [0.717, 1.165) is 16.7 Å². The molecule has 0 aliphatic carbocycles. The van der Waals surface area contributed by atoms with E-state index >= 15 is 0 Å². The molecule has 0 heterocycles. The van der Waals surface area contributed by atoms with Crippen LogP contribution in [0.5, 0.6) is 0 Å². The minimum Gasteiger partial charge on any atom is -0.545 e. The van der Waals surface area contributed by atoms with Gasteiger partial charge in [0, 0.05) is 28.8 Å². The molecular formula is C25H22NO4-. The smallest absolute Gasteiger partial charge is 0.255 e. The summed E-state index contributed by atoms with van der Waals surface area (Å²) in [5.74, 6) is -1.57. The number of hydrogen-bond donors (Lipinski definition) is 1. The highest BCUT2D eigenvalue weighted by Crippen LogP contribution is 2.29. The van der Waals surface area contributed by atoms with Crippen LogP contribution in [0.25, 0.3) is 11.1 Å². The van der Waals surface area contributed by atoms with E-state index in [0.29, 0.717) is 28.8 Å². The van der Waals surface area contributed by atoms with Gasteiger partial charge in [-0.15, -0.1) is 0 Å². The Morgan fingerprint density at radius 3 is 2.23 bits per heavy atom. The summed E-state index contributed by atoms with van der Waals surface area (Å²) in [5, 5.41) is 14.4. The second kappa shape index (κ2) is 8.74. The van der Waals surface area contributed by atoms with E-state index in [-0.39, 0.29) is 17.3 Å². The fourth-order valence-electron chi connectivity index (χ4n) is 3.35. The molecule has 152 valence electrons. The van der Waals surface area contributed by atoms with Gasteiger partial charge in [0.2, 0.25) is 0 Å². The van der Waals surface area contributed by atoms with Gasteiger partial charge in [-0.05, 0) is 60.9 Å². The summed E-state index contributed by atoms with van der Waals surface area (Å²) in [6.07, 6.45) is 0.374. The van der Waals surface area contributed by atoms with Crippen LogP contribution in [0.2, 0.25) is 0 Å². The molecule has 0 aromatic heterocycles. The summed E-state index contributed by atoms with van der Waals surface area (Å²) < 4.78 is 0. The Labute approximate surface area is 175 Å². The molecule has 1 N–H and O–H groups in total. The first-order valence-electron chi connectivity index (χ1n) is 9.67. The lowest BCUT2D eigenvalue weighted by Crippen LogP contribution is -2.23. The van der Waals surface area contributed by atoms with E-state index in [4.69, 9.17) is 0 Å². The first kappa shape index (κ1) is 21.0. The van der Waals surface area contributed by atoms with Gasteiger partial charge >= 0.3 is 0 Å². The van der Waals surface area contributed by atoms with Crippen molar-refractivity contribution in [2.45, 2.75) is 27.2 Å². The summed E-state index contributed by atoms with van der Waals surface area (Å²) in [5.41, 5.74) is 4.59. The number of carboxylic acids is 1. The molecule has 0 saturated carbocycles. The average molecular weight is 400 g/mol. The molecule has 0 bridgehead atoms. The molecule has 3 aromatic rings. The topological polar surface area (TPSA) is 86.3 Å². The molecule has 0 saturated heterocycles. The van der Waals surface area contributed by atoms with Crippen molar-refractivity contribution >= 4 is 23.3 Å². The SMILES string of the molecule is CCC(=O)c1cccc(C(=O)Nc2ccc(-c3ccc(C)cc3C(=O)[O-])c(C)c2)c1. The monoisotopic (exact) mass is 400 g/mol. The number of rotatable bonds is 6. The van der Waals surface area contributed by atoms with Crippen molar-refractivity contribution in [2.75, 3.05) is 5.32 Å². The molecule has 0 fully saturated rings. The molecule has 3 aromatic carbocycles. The van der Waals surface area contributed by atoms with E-state index < -0.39 is 5.97 Å². The van der Waals surface area contributed by atoms with Gasteiger partial charge in [0.05, 0.1) is 5.97 Å². The first-order chi connectivity index (χ1) is 14.3. The van der Waals surface area contributed by atoms with Crippen LogP contribution in [-0.2, 0) is 0 Å². The van der Waals surface area contributed by atoms with E-state index in [2.05, 4.69) is 5.32 Å². The van der Waals surface area contributed by atoms with Crippen molar-refractivity contribution in [3.8, 4) is 11.1 Å². The molecule has 0 spiro atoms. The predicted molar refractivity (Wildman–Crippen MR) is 115 cm³/mol. The summed E-state index contributed by atoms with van der Waals surface area (Å²) in [7, 11) is 0. The number of aromatic carboxylic acids is 1. The highest BCUT2D eigenvalue weighted by molar-refractivity contribution is 6.06. The lowest BCUT2D eigenvalue weighted by atomic mass is 9.94. The number of anilines is 1. The van der Waals surface area contributed by atoms with Crippen LogP contribution in [0.1, 0.15) is 55.5 Å². The number of Topliss-reactive ketones (excluding diaryl/α,β-unsaturated/α-hetero) is 1. The molecule has 5 heteroatoms. The van der Waals surface area contributed by atoms with Crippen molar-refractivity contribution < 1.29 is 19.5 Å². The van der Waals surface area contributed by atoms with E-state index in [1.807, 2.05) is 19.9 Å². The van der Waals surface area contributed by atoms with Crippen LogP contribution >= 0.6 is 0 Å². The van der Waals surface area contributed by atoms with Crippen molar-refractivity contribution in [1.29, 1.82) is 0 Å². The highest BCUT2D eigenvalue weighted by Gasteiger charge is 2.13. The minimum atomic E-state index is -1.23. The molecule has 0 atom stereocenters. The number of aryl methyl sites for hydroxylation is 2. The van der Waals surface area contributed by atoms with Gasteiger partial charge in [0.1, 0.15) is 0 Å². The average Bonchev–Trinajstić information content (AvgIpc) is 2.73. The van der Waals surface area contributed by atoms with Crippen LogP contribution in [0.4, 0.5) is 5.69 Å². The summed E-state index contributed by atoms with van der Waals surface area (Å²) >= 11 is 0. The van der Waals surface area contributed by atoms with Crippen LogP contribution in [0, 0.1) is 13.8 Å². The summed E-state index contributed by atoms with van der Waals surface area (Å²) in [6, 6.07) is 17.1. The van der Waals surface area contributed by atoms with E-state index in [1.54, 1.807) is 61.5 Å². The number of carboxylic acid groups (broad SMARTS) is 1. The Morgan fingerprint density at radius 1 is 0.867 bits per heavy atom. The molecule has 3 rings (SSSR count). The third-order valence-electron chi connectivity index (χ3n) is 4.94. The normalized spacial score (nSPS) is 10.5. The van der Waals surface area contributed by atoms with Gasteiger partial charge in [0.25, 0.3) is 5.91 Å². The van der Waals surface area contributed by atoms with Gasteiger partial charge < -0.3 is 15.2 Å². The van der Waals surface area contributed by atoms with Gasteiger partial charge in [0.15, 0.2) is 5.78 Å². The zero-order valence-corrected chi connectivity index (χ0v) is 17.1. The number of carbonyl (C=O) groups excluding carboxylic acids is 3. The molecule has 5 nitrogen and oxygen atoms in total. The molecule has 0 aliphatic heterocycles. The van der Waals surface area contributed by atoms with Crippen molar-refractivity contribution in [2.24, 2.45) is 0 Å². The minimum absolute atomic E-state index is 0.0216. The molecule has 30 heavy (non-hydrogen) atoms.